The number of piperidine rings is 2. The highest BCUT2D eigenvalue weighted by Gasteiger charge is 2.38. The lowest BCUT2D eigenvalue weighted by Gasteiger charge is -2.34. The Morgan fingerprint density at radius 1 is 0.618 bits per heavy atom. The first-order valence-electron chi connectivity index (χ1n) is 33.6. The monoisotopic (exact) mass is 1430 g/mol. The topological polar surface area (TPSA) is 347 Å². The van der Waals surface area contributed by atoms with Crippen molar-refractivity contribution < 1.29 is 84.6 Å². The number of hydrogen-bond donors (Lipinski definition) is 9. The lowest BCUT2D eigenvalue weighted by atomic mass is 9.92. The van der Waals surface area contributed by atoms with Gasteiger partial charge in [-0.2, -0.15) is 26.3 Å². The highest BCUT2D eigenvalue weighted by Crippen LogP contribution is 2.36. The molecule has 26 nitrogen and oxygen atoms in total. The maximum Gasteiger partial charge on any atom is 0.490 e. The molecule has 0 spiro atoms. The second-order valence-electron chi connectivity index (χ2n) is 24.9. The van der Waals surface area contributed by atoms with Gasteiger partial charge in [-0.1, -0.05) is 99.5 Å². The number of rotatable bonds is 22. The number of benzene rings is 2. The first-order chi connectivity index (χ1) is 48.8. The minimum absolute atomic E-state index is 0.0525. The molecule has 8 heterocycles. The molecule has 2 saturated heterocycles. The van der Waals surface area contributed by atoms with E-state index in [1.54, 1.807) is 27.1 Å². The Morgan fingerprint density at radius 3 is 1.36 bits per heavy atom. The van der Waals surface area contributed by atoms with Crippen molar-refractivity contribution in [2.75, 3.05) is 83.4 Å². The smallest absolute Gasteiger partial charge is 0.483 e. The van der Waals surface area contributed by atoms with E-state index in [2.05, 4.69) is 94.8 Å². The molecular formula is C70H90F6N14O12. The van der Waals surface area contributed by atoms with Gasteiger partial charge >= 0.3 is 42.9 Å². The van der Waals surface area contributed by atoms with Crippen molar-refractivity contribution >= 4 is 71.5 Å². The molecule has 6 aromatic rings. The zero-order valence-corrected chi connectivity index (χ0v) is 57.6. The average molecular weight is 1430 g/mol. The molecule has 0 aliphatic carbocycles. The van der Waals surface area contributed by atoms with E-state index in [4.69, 9.17) is 49.0 Å². The molecule has 4 aliphatic rings. The number of nitrogens with one attached hydrogen (secondary N) is 6. The Labute approximate surface area is 587 Å². The molecule has 102 heavy (non-hydrogen) atoms. The second kappa shape index (κ2) is 40.8. The number of nitrogens with zero attached hydrogens (tertiary/aromatic N) is 8. The molecule has 0 bridgehead atoms. The molecule has 0 saturated carbocycles. The van der Waals surface area contributed by atoms with E-state index in [9.17, 15) is 50.6 Å². The number of aryl methyl sites for hydroxylation is 2. The number of carboxylic acids is 2. The number of hydrogen-bond acceptors (Lipinski definition) is 21. The number of aromatic nitrogens is 6. The summed E-state index contributed by atoms with van der Waals surface area (Å²) in [5, 5.41) is 42.3. The van der Waals surface area contributed by atoms with E-state index in [0.29, 0.717) is 23.5 Å². The predicted octanol–water partition coefficient (Wildman–Crippen LogP) is 11.5. The van der Waals surface area contributed by atoms with Gasteiger partial charge in [-0.15, -0.1) is 0 Å². The van der Waals surface area contributed by atoms with Gasteiger partial charge in [0.05, 0.1) is 0 Å². The minimum atomic E-state index is -5.08. The molecule has 0 radical (unpaired) electrons. The number of pyridine rings is 2. The van der Waals surface area contributed by atoms with Gasteiger partial charge in [0.15, 0.2) is 0 Å². The number of esters is 1. The number of alkyl halides is 6. The normalized spacial score (nSPS) is 14.8. The van der Waals surface area contributed by atoms with Crippen LogP contribution in [0.15, 0.2) is 97.6 Å². The summed E-state index contributed by atoms with van der Waals surface area (Å²) in [6, 6.07) is 25.3. The first kappa shape index (κ1) is 80.7. The van der Waals surface area contributed by atoms with Crippen molar-refractivity contribution in [1.29, 1.82) is 0 Å². The van der Waals surface area contributed by atoms with Gasteiger partial charge in [-0.3, -0.25) is 4.79 Å². The van der Waals surface area contributed by atoms with Gasteiger partial charge in [0.25, 0.3) is 6.47 Å². The summed E-state index contributed by atoms with van der Waals surface area (Å²) in [6.07, 6.45) is 8.16. The van der Waals surface area contributed by atoms with Crippen LogP contribution in [0.4, 0.5) is 70.8 Å². The van der Waals surface area contributed by atoms with Crippen molar-refractivity contribution in [3.8, 4) is 0 Å². The minimum Gasteiger partial charge on any atom is -0.483 e. The zero-order chi connectivity index (χ0) is 74.2. The number of amides is 2. The third-order valence-electron chi connectivity index (χ3n) is 16.3. The molecule has 9 N–H and O–H groups in total. The third kappa shape index (κ3) is 26.7. The van der Waals surface area contributed by atoms with Crippen LogP contribution in [0.25, 0.3) is 0 Å². The average Bonchev–Trinajstić information content (AvgIpc) is 0.810. The Bertz CT molecular complexity index is 3620. The van der Waals surface area contributed by atoms with Crippen LogP contribution in [-0.2, 0) is 72.3 Å². The van der Waals surface area contributed by atoms with Crippen molar-refractivity contribution in [3.63, 3.8) is 0 Å². The van der Waals surface area contributed by atoms with E-state index in [-0.39, 0.29) is 32.8 Å². The summed E-state index contributed by atoms with van der Waals surface area (Å²) >= 11 is 0. The molecule has 554 valence electrons. The number of alkyl carbamates (subject to hydrolysis) is 2. The number of halogens is 6. The van der Waals surface area contributed by atoms with Crippen LogP contribution in [0, 0.1) is 0 Å². The maximum absolute atomic E-state index is 13.2. The number of carbonyl (C=O) groups excluding carboxylic acids is 3. The summed E-state index contributed by atoms with van der Waals surface area (Å²) in [7, 11) is 0. The molecule has 0 unspecified atom stereocenters. The van der Waals surface area contributed by atoms with Crippen LogP contribution in [0.3, 0.4) is 0 Å². The summed E-state index contributed by atoms with van der Waals surface area (Å²) < 4.78 is 77.0. The number of carboxylic acid groups (broad SMARTS) is 3. The van der Waals surface area contributed by atoms with Gasteiger partial charge in [-0.05, 0) is 119 Å². The van der Waals surface area contributed by atoms with Crippen LogP contribution in [0.5, 0.6) is 0 Å². The second-order valence-corrected chi connectivity index (χ2v) is 24.9. The maximum atomic E-state index is 13.2. The molecule has 10 rings (SSSR count). The molecule has 2 amide bonds. The van der Waals surface area contributed by atoms with E-state index in [1.165, 1.54) is 17.5 Å². The van der Waals surface area contributed by atoms with Gasteiger partial charge in [-0.25, -0.2) is 53.9 Å². The number of carbonyl (C=O) groups is 6. The highest BCUT2D eigenvalue weighted by atomic mass is 19.4. The SMILES string of the molecule is CCCc1c(NC[C@H](NC(=O)OCc2ccccc2)C(=O)O)ncnc1N1CCC(c2ccc3c(n2)NCCC3)CC1.CCCc1c(NC[C@H](NC(=O)OCc2ccccc2)C(=O)OC(C)(C)C)ncnc1N1CCC(c2ccc3c(n2)NCCC3)CC1.FC(F)F.O=C(O)C(F)(F)F.O=CO. The van der Waals surface area contributed by atoms with Gasteiger partial charge < -0.3 is 71.2 Å². The molecule has 2 fully saturated rings. The van der Waals surface area contributed by atoms with Gasteiger partial charge in [0.1, 0.15) is 78.5 Å². The Hall–Kier alpha value is -10.3. The fourth-order valence-corrected chi connectivity index (χ4v) is 11.5. The standard InChI is InChI=1S/C35H47N7O4.C31H39N7O4.C2HF3O2.CHF3.CH2O2/c1-5-10-27-31(37-21-29(33(43)46-35(2,3)4)41-34(44)45-22-24-11-7-6-8-12-24)38-23-39-32(27)42-19-16-25(17-20-42)28-15-14-26-13-9-18-36-30(26)40-28;1-2-7-24-28(33-18-26(30(39)40)37-31(41)42-19-21-8-4-3-5-9-21)34-20-35-29(24)38-16-13-22(14-17-38)25-12-11-23-10-6-15-32-27(23)36-25;3-2(4,5)1(6)7;2-1(3)4;2-1-3/h6-8,11-12,14-15,23,25,29H,5,9-10,13,16-22H2,1-4H3,(H,36,40)(H,41,44)(H,37,38,39);3-5,8-9,11-12,20,22,26H,2,6-7,10,13-19H2,1H3,(H,32,36)(H,37,41)(H,39,40)(H,33,34,35);(H,6,7);1H;1H,(H,2,3)/t29-;26-;;;/m00.../s1. The third-order valence-corrected chi connectivity index (χ3v) is 16.3. The molecule has 2 aromatic carbocycles. The van der Waals surface area contributed by atoms with Gasteiger partial charge in [0.2, 0.25) is 0 Å². The van der Waals surface area contributed by atoms with Crippen molar-refractivity contribution in [2.24, 2.45) is 0 Å². The van der Waals surface area contributed by atoms with Crippen LogP contribution in [0.1, 0.15) is 143 Å². The lowest BCUT2D eigenvalue weighted by molar-refractivity contribution is -0.192. The van der Waals surface area contributed by atoms with E-state index in [1.807, 2.05) is 60.7 Å². The quantitative estimate of drug-likeness (QED) is 0.0132. The highest BCUT2D eigenvalue weighted by molar-refractivity contribution is 5.83. The summed E-state index contributed by atoms with van der Waals surface area (Å²) in [4.78, 5) is 100. The number of fused-ring (bicyclic) bond motifs is 2. The predicted molar refractivity (Wildman–Crippen MR) is 370 cm³/mol. The van der Waals surface area contributed by atoms with E-state index in [0.717, 1.165) is 173 Å². The molecular weight excluding hydrogens is 1340 g/mol. The fraction of sp³-hybridized carbons (Fsp3) is 0.486. The van der Waals surface area contributed by atoms with Crippen LogP contribution < -0.4 is 41.7 Å². The lowest BCUT2D eigenvalue weighted by Crippen LogP contribution is -2.48. The number of ether oxygens (including phenoxy) is 3. The van der Waals surface area contributed by atoms with Crippen LogP contribution >= 0.6 is 0 Å². The largest absolute Gasteiger partial charge is 0.490 e. The molecule has 32 heteroatoms. The molecule has 2 atom stereocenters. The van der Waals surface area contributed by atoms with Crippen LogP contribution in [0.2, 0.25) is 0 Å². The van der Waals surface area contributed by atoms with E-state index < -0.39 is 60.6 Å². The summed E-state index contributed by atoms with van der Waals surface area (Å²) in [6.45, 7) is 11.2. The fourth-order valence-electron chi connectivity index (χ4n) is 11.5. The summed E-state index contributed by atoms with van der Waals surface area (Å²) in [5.74, 6) is 1.40. The van der Waals surface area contributed by atoms with Crippen molar-refractivity contribution in [3.05, 3.63) is 142 Å². The number of aliphatic carboxylic acids is 2. The van der Waals surface area contributed by atoms with Crippen molar-refractivity contribution in [2.45, 2.75) is 167 Å². The molecule has 4 aliphatic heterocycles. The zero-order valence-electron chi connectivity index (χ0n) is 57.6. The number of anilines is 6. The van der Waals surface area contributed by atoms with Crippen molar-refractivity contribution in [1.82, 2.24) is 40.5 Å². The van der Waals surface area contributed by atoms with Crippen LogP contribution in [-0.4, -0.2) is 165 Å². The Kier molecular flexibility index (Phi) is 32.3. The Balaban J connectivity index is 0.000000271. The first-order valence-corrected chi connectivity index (χ1v) is 33.6. The van der Waals surface area contributed by atoms with E-state index >= 15 is 0 Å². The Morgan fingerprint density at radius 2 is 1.00 bits per heavy atom. The summed E-state index contributed by atoms with van der Waals surface area (Å²) in [5.41, 5.74) is 7.81. The van der Waals surface area contributed by atoms with Gasteiger partial charge in [0, 0.05) is 86.7 Å². The molecule has 4 aromatic heterocycles.